The van der Waals surface area contributed by atoms with E-state index < -0.39 is 17.3 Å². The van der Waals surface area contributed by atoms with E-state index in [1.54, 1.807) is 60.9 Å². The summed E-state index contributed by atoms with van der Waals surface area (Å²) in [7, 11) is 0. The second-order valence-corrected chi connectivity index (χ2v) is 8.98. The predicted molar refractivity (Wildman–Crippen MR) is 142 cm³/mol. The van der Waals surface area contributed by atoms with E-state index in [9.17, 15) is 14.4 Å². The number of aryl methyl sites for hydroxylation is 1. The number of nitrogens with zero attached hydrogens (tertiary/aromatic N) is 3. The van der Waals surface area contributed by atoms with Crippen LogP contribution in [-0.2, 0) is 0 Å². The van der Waals surface area contributed by atoms with E-state index in [1.165, 1.54) is 6.07 Å². The molecule has 0 aliphatic rings. The lowest BCUT2D eigenvalue weighted by Crippen LogP contribution is -2.13. The third-order valence-electron chi connectivity index (χ3n) is 6.03. The molecular formula is C29H20ClFN4O2. The first-order valence-electron chi connectivity index (χ1n) is 11.5. The number of hydrogen-bond acceptors (Lipinski definition) is 6. The molecule has 3 aromatic heterocycles. The van der Waals surface area contributed by atoms with Gasteiger partial charge in [0.2, 0.25) is 5.43 Å². The number of benzene rings is 2. The number of fused-ring (bicyclic) bond motifs is 1. The number of aromatic nitrogens is 2. The van der Waals surface area contributed by atoms with Crippen molar-refractivity contribution in [3.63, 3.8) is 0 Å². The van der Waals surface area contributed by atoms with Crippen molar-refractivity contribution in [2.75, 3.05) is 5.32 Å². The highest BCUT2D eigenvalue weighted by Crippen LogP contribution is 2.35. The Bertz CT molecular complexity index is 1750. The van der Waals surface area contributed by atoms with Crippen molar-refractivity contribution in [1.82, 2.24) is 9.97 Å². The number of nitriles is 1. The summed E-state index contributed by atoms with van der Waals surface area (Å²) in [6.45, 7) is 3.76. The molecule has 37 heavy (non-hydrogen) atoms. The van der Waals surface area contributed by atoms with Crippen molar-refractivity contribution in [3.8, 4) is 28.7 Å². The van der Waals surface area contributed by atoms with Gasteiger partial charge in [-0.1, -0.05) is 29.8 Å². The van der Waals surface area contributed by atoms with E-state index >= 15 is 0 Å². The van der Waals surface area contributed by atoms with Gasteiger partial charge in [0, 0.05) is 29.1 Å². The second kappa shape index (κ2) is 9.84. The first-order chi connectivity index (χ1) is 17.9. The molecule has 2 aromatic carbocycles. The van der Waals surface area contributed by atoms with Crippen LogP contribution >= 0.6 is 11.6 Å². The fourth-order valence-corrected chi connectivity index (χ4v) is 4.47. The summed E-state index contributed by atoms with van der Waals surface area (Å²) >= 11 is 6.15. The van der Waals surface area contributed by atoms with Crippen molar-refractivity contribution >= 4 is 28.3 Å². The van der Waals surface area contributed by atoms with Crippen LogP contribution in [0.4, 0.5) is 10.1 Å². The van der Waals surface area contributed by atoms with E-state index in [1.807, 2.05) is 26.0 Å². The Balaban J connectivity index is 1.67. The van der Waals surface area contributed by atoms with Gasteiger partial charge in [0.1, 0.15) is 28.2 Å². The Hall–Kier alpha value is -4.54. The maximum Gasteiger partial charge on any atom is 0.211 e. The Morgan fingerprint density at radius 1 is 1.14 bits per heavy atom. The number of rotatable bonds is 5. The fraction of sp³-hybridized carbons (Fsp3) is 0.103. The summed E-state index contributed by atoms with van der Waals surface area (Å²) in [5, 5.41) is 13.7. The minimum atomic E-state index is -0.426. The van der Waals surface area contributed by atoms with Crippen LogP contribution in [0.1, 0.15) is 29.7 Å². The standard InChI is InChI=1S/C29H20ClFN4O2/c1-16-12-20(17(2)34-24-9-10-25(30)35-26(24)19-7-3-4-8-23(19)31)29-21(13-16)27(36)22(14-32)28(37-29)18-6-5-11-33-15-18/h3-13,15,17,34H,1-2H3/t17-/m1/s1. The average Bonchev–Trinajstić information content (AvgIpc) is 2.90. The van der Waals surface area contributed by atoms with Gasteiger partial charge in [-0.2, -0.15) is 5.26 Å². The van der Waals surface area contributed by atoms with Crippen LogP contribution in [0, 0.1) is 24.1 Å². The van der Waals surface area contributed by atoms with E-state index in [0.29, 0.717) is 39.0 Å². The lowest BCUT2D eigenvalue weighted by molar-refractivity contribution is 0.608. The van der Waals surface area contributed by atoms with Gasteiger partial charge < -0.3 is 9.73 Å². The smallest absolute Gasteiger partial charge is 0.211 e. The minimum Gasteiger partial charge on any atom is -0.454 e. The third kappa shape index (κ3) is 4.55. The molecule has 5 aromatic rings. The highest BCUT2D eigenvalue weighted by atomic mass is 35.5. The van der Waals surface area contributed by atoms with Crippen LogP contribution in [0.25, 0.3) is 33.6 Å². The van der Waals surface area contributed by atoms with E-state index in [4.69, 9.17) is 16.0 Å². The molecule has 0 saturated heterocycles. The van der Waals surface area contributed by atoms with Crippen LogP contribution in [0.3, 0.4) is 0 Å². The van der Waals surface area contributed by atoms with Crippen molar-refractivity contribution in [1.29, 1.82) is 5.26 Å². The minimum absolute atomic E-state index is 0.0820. The maximum absolute atomic E-state index is 14.6. The number of hydrogen-bond donors (Lipinski definition) is 1. The molecule has 0 radical (unpaired) electrons. The van der Waals surface area contributed by atoms with Gasteiger partial charge in [-0.05, 0) is 61.9 Å². The molecule has 0 fully saturated rings. The van der Waals surface area contributed by atoms with Crippen molar-refractivity contribution < 1.29 is 8.81 Å². The van der Waals surface area contributed by atoms with E-state index in [2.05, 4.69) is 15.3 Å². The summed E-state index contributed by atoms with van der Waals surface area (Å²) in [6, 6.07) is 18.3. The number of nitrogens with one attached hydrogen (secondary N) is 1. The predicted octanol–water partition coefficient (Wildman–Crippen LogP) is 7.06. The molecule has 6 nitrogen and oxygen atoms in total. The summed E-state index contributed by atoms with van der Waals surface area (Å²) in [5.41, 5.74) is 3.11. The molecule has 182 valence electrons. The highest BCUT2D eigenvalue weighted by molar-refractivity contribution is 6.29. The Morgan fingerprint density at radius 2 is 1.95 bits per heavy atom. The zero-order valence-corrected chi connectivity index (χ0v) is 20.7. The second-order valence-electron chi connectivity index (χ2n) is 8.60. The fourth-order valence-electron chi connectivity index (χ4n) is 4.32. The summed E-state index contributed by atoms with van der Waals surface area (Å²) in [4.78, 5) is 21.8. The molecule has 1 atom stereocenters. The molecule has 1 N–H and O–H groups in total. The molecule has 8 heteroatoms. The quantitative estimate of drug-likeness (QED) is 0.254. The molecule has 0 unspecified atom stereocenters. The lowest BCUT2D eigenvalue weighted by Gasteiger charge is -2.20. The first kappa shape index (κ1) is 24.2. The molecule has 0 bridgehead atoms. The zero-order chi connectivity index (χ0) is 26.1. The summed E-state index contributed by atoms with van der Waals surface area (Å²) < 4.78 is 20.9. The maximum atomic E-state index is 14.6. The molecular weight excluding hydrogens is 491 g/mol. The lowest BCUT2D eigenvalue weighted by atomic mass is 9.98. The van der Waals surface area contributed by atoms with Crippen LogP contribution < -0.4 is 10.7 Å². The van der Waals surface area contributed by atoms with Crippen LogP contribution in [0.15, 0.2) is 82.3 Å². The van der Waals surface area contributed by atoms with Gasteiger partial charge >= 0.3 is 0 Å². The topological polar surface area (TPSA) is 91.8 Å². The Morgan fingerprint density at radius 3 is 2.68 bits per heavy atom. The Kier molecular flexibility index (Phi) is 6.43. The van der Waals surface area contributed by atoms with E-state index in [0.717, 1.165) is 5.56 Å². The zero-order valence-electron chi connectivity index (χ0n) is 19.9. The van der Waals surface area contributed by atoms with Crippen LogP contribution in [0.2, 0.25) is 5.15 Å². The monoisotopic (exact) mass is 510 g/mol. The first-order valence-corrected chi connectivity index (χ1v) is 11.8. The van der Waals surface area contributed by atoms with E-state index in [-0.39, 0.29) is 16.5 Å². The number of pyridine rings is 2. The number of halogens is 2. The molecule has 0 spiro atoms. The normalized spacial score (nSPS) is 11.8. The SMILES string of the molecule is Cc1cc([C@@H](C)Nc2ccc(Cl)nc2-c2ccccc2F)c2oc(-c3cccnc3)c(C#N)c(=O)c2c1. The van der Waals surface area contributed by atoms with Gasteiger partial charge in [0.25, 0.3) is 0 Å². The van der Waals surface area contributed by atoms with Gasteiger partial charge in [0.05, 0.1) is 22.8 Å². The molecule has 0 amide bonds. The summed E-state index contributed by atoms with van der Waals surface area (Å²) in [6.07, 6.45) is 3.14. The summed E-state index contributed by atoms with van der Waals surface area (Å²) in [5.74, 6) is -0.268. The average molecular weight is 511 g/mol. The van der Waals surface area contributed by atoms with Crippen molar-refractivity contribution in [2.24, 2.45) is 0 Å². The van der Waals surface area contributed by atoms with Gasteiger partial charge in [-0.15, -0.1) is 0 Å². The van der Waals surface area contributed by atoms with Gasteiger partial charge in [-0.3, -0.25) is 9.78 Å². The van der Waals surface area contributed by atoms with Gasteiger partial charge in [-0.25, -0.2) is 9.37 Å². The molecule has 5 rings (SSSR count). The third-order valence-corrected chi connectivity index (χ3v) is 6.24. The Labute approximate surface area is 217 Å². The highest BCUT2D eigenvalue weighted by Gasteiger charge is 2.22. The van der Waals surface area contributed by atoms with Gasteiger partial charge in [0.15, 0.2) is 5.76 Å². The molecule has 3 heterocycles. The largest absolute Gasteiger partial charge is 0.454 e. The van der Waals surface area contributed by atoms with Crippen molar-refractivity contribution in [2.45, 2.75) is 19.9 Å². The molecule has 0 aliphatic heterocycles. The number of anilines is 1. The van der Waals surface area contributed by atoms with Crippen molar-refractivity contribution in [3.05, 3.63) is 111 Å². The molecule has 0 saturated carbocycles. The molecule has 0 aliphatic carbocycles. The van der Waals surface area contributed by atoms with Crippen LogP contribution in [-0.4, -0.2) is 9.97 Å². The van der Waals surface area contributed by atoms with Crippen LogP contribution in [0.5, 0.6) is 0 Å².